The molecule has 1 aliphatic carbocycles. The van der Waals surface area contributed by atoms with Crippen LogP contribution in [0, 0.1) is 0 Å². The zero-order valence-electron chi connectivity index (χ0n) is 36.7. The van der Waals surface area contributed by atoms with Crippen LogP contribution in [-0.4, -0.2) is 0 Å². The lowest BCUT2D eigenvalue weighted by Crippen LogP contribution is -2.29. The number of hydrogen-bond donors (Lipinski definition) is 0. The van der Waals surface area contributed by atoms with Crippen molar-refractivity contribution in [2.24, 2.45) is 0 Å². The third-order valence-electron chi connectivity index (χ3n) is 13.9. The van der Waals surface area contributed by atoms with Crippen molar-refractivity contribution < 1.29 is 4.42 Å². The molecule has 0 saturated heterocycles. The highest BCUT2D eigenvalue weighted by Crippen LogP contribution is 2.60. The molecule has 1 aromatic heterocycles. The van der Waals surface area contributed by atoms with E-state index >= 15 is 0 Å². The monoisotopic (exact) mass is 853 g/mol. The standard InChI is InChI=1S/C65H43NO/c1-5-18-44(19-6-1)45-32-36-50(37-33-45)66(51-38-34-47(35-39-51)53-29-17-30-57-55-27-15-16-31-62(55)67-64(53)57)52-40-41-61-59(42-52)60-43-58(46-20-7-2-8-21-46)54-26-13-14-28-56(54)63(60)65(61,48-22-9-3-10-23-48)49-24-11-4-12-25-49/h1-43H. The van der Waals surface area contributed by atoms with Gasteiger partial charge in [0.2, 0.25) is 0 Å². The Morgan fingerprint density at radius 2 is 0.791 bits per heavy atom. The Kier molecular flexibility index (Phi) is 9.11. The van der Waals surface area contributed by atoms with Crippen molar-refractivity contribution in [1.82, 2.24) is 0 Å². The van der Waals surface area contributed by atoms with Gasteiger partial charge >= 0.3 is 0 Å². The first-order valence-corrected chi connectivity index (χ1v) is 23.1. The van der Waals surface area contributed by atoms with Gasteiger partial charge in [0.25, 0.3) is 0 Å². The fourth-order valence-corrected chi connectivity index (χ4v) is 11.0. The molecule has 11 aromatic carbocycles. The van der Waals surface area contributed by atoms with Gasteiger partial charge in [0.05, 0.1) is 5.41 Å². The highest BCUT2D eigenvalue weighted by molar-refractivity contribution is 6.10. The van der Waals surface area contributed by atoms with Gasteiger partial charge in [0, 0.05) is 33.4 Å². The normalized spacial score (nSPS) is 12.6. The number of fused-ring (bicyclic) bond motifs is 8. The van der Waals surface area contributed by atoms with Crippen molar-refractivity contribution in [1.29, 1.82) is 0 Å². The molecule has 0 fully saturated rings. The van der Waals surface area contributed by atoms with Gasteiger partial charge in [-0.05, 0) is 121 Å². The van der Waals surface area contributed by atoms with E-state index in [9.17, 15) is 0 Å². The van der Waals surface area contributed by atoms with Crippen LogP contribution in [0.3, 0.4) is 0 Å². The number of para-hydroxylation sites is 2. The average molecular weight is 854 g/mol. The predicted octanol–water partition coefficient (Wildman–Crippen LogP) is 17.6. The summed E-state index contributed by atoms with van der Waals surface area (Å²) in [4.78, 5) is 2.41. The van der Waals surface area contributed by atoms with E-state index in [1.807, 2.05) is 12.1 Å². The van der Waals surface area contributed by atoms with E-state index < -0.39 is 5.41 Å². The van der Waals surface area contributed by atoms with Gasteiger partial charge in [0.1, 0.15) is 11.2 Å². The molecule has 0 bridgehead atoms. The summed E-state index contributed by atoms with van der Waals surface area (Å²) >= 11 is 0. The zero-order chi connectivity index (χ0) is 44.3. The highest BCUT2D eigenvalue weighted by atomic mass is 16.3. The van der Waals surface area contributed by atoms with Gasteiger partial charge in [0.15, 0.2) is 0 Å². The van der Waals surface area contributed by atoms with Crippen LogP contribution in [-0.2, 0) is 5.41 Å². The number of nitrogens with zero attached hydrogens (tertiary/aromatic N) is 1. The molecule has 2 heteroatoms. The van der Waals surface area contributed by atoms with Crippen molar-refractivity contribution in [2.75, 3.05) is 4.90 Å². The van der Waals surface area contributed by atoms with Crippen LogP contribution < -0.4 is 4.90 Å². The van der Waals surface area contributed by atoms with E-state index in [0.29, 0.717) is 0 Å². The summed E-state index contributed by atoms with van der Waals surface area (Å²) in [7, 11) is 0. The maximum Gasteiger partial charge on any atom is 0.143 e. The summed E-state index contributed by atoms with van der Waals surface area (Å²) in [6.07, 6.45) is 0. The quantitative estimate of drug-likeness (QED) is 0.151. The van der Waals surface area contributed by atoms with Crippen molar-refractivity contribution in [3.05, 3.63) is 283 Å². The minimum Gasteiger partial charge on any atom is -0.455 e. The fourth-order valence-electron chi connectivity index (χ4n) is 11.0. The van der Waals surface area contributed by atoms with Gasteiger partial charge in [-0.1, -0.05) is 212 Å². The lowest BCUT2D eigenvalue weighted by molar-refractivity contribution is 0.670. The molecule has 0 N–H and O–H groups in total. The summed E-state index contributed by atoms with van der Waals surface area (Å²) in [5, 5.41) is 4.76. The van der Waals surface area contributed by atoms with Crippen LogP contribution in [0.25, 0.3) is 77.2 Å². The first-order valence-electron chi connectivity index (χ1n) is 23.1. The van der Waals surface area contributed by atoms with Crippen molar-refractivity contribution >= 4 is 49.8 Å². The molecule has 0 saturated carbocycles. The third-order valence-corrected chi connectivity index (χ3v) is 13.9. The fraction of sp³-hybridized carbons (Fsp3) is 0.0154. The maximum atomic E-state index is 6.51. The second kappa shape index (κ2) is 15.8. The largest absolute Gasteiger partial charge is 0.455 e. The molecule has 0 atom stereocenters. The predicted molar refractivity (Wildman–Crippen MR) is 280 cm³/mol. The first kappa shape index (κ1) is 38.7. The Hall–Kier alpha value is -8.72. The molecule has 0 radical (unpaired) electrons. The van der Waals surface area contributed by atoms with E-state index in [1.165, 1.54) is 66.4 Å². The maximum absolute atomic E-state index is 6.51. The van der Waals surface area contributed by atoms with E-state index in [2.05, 4.69) is 254 Å². The molecule has 0 unspecified atom stereocenters. The van der Waals surface area contributed by atoms with Crippen LogP contribution in [0.5, 0.6) is 0 Å². The minimum absolute atomic E-state index is 0.581. The first-order chi connectivity index (χ1) is 33.2. The van der Waals surface area contributed by atoms with Gasteiger partial charge in [-0.2, -0.15) is 0 Å². The van der Waals surface area contributed by atoms with Gasteiger partial charge in [-0.25, -0.2) is 0 Å². The third kappa shape index (κ3) is 6.18. The van der Waals surface area contributed by atoms with E-state index in [4.69, 9.17) is 4.42 Å². The van der Waals surface area contributed by atoms with Gasteiger partial charge < -0.3 is 9.32 Å². The number of benzene rings is 11. The van der Waals surface area contributed by atoms with Crippen molar-refractivity contribution in [3.8, 4) is 44.5 Å². The number of rotatable bonds is 8. The summed E-state index contributed by atoms with van der Waals surface area (Å²) in [6.45, 7) is 0. The Labute approximate surface area is 390 Å². The van der Waals surface area contributed by atoms with Gasteiger partial charge in [-0.15, -0.1) is 0 Å². The van der Waals surface area contributed by atoms with Crippen LogP contribution in [0.4, 0.5) is 17.1 Å². The molecular formula is C65H43NO. The Balaban J connectivity index is 1.05. The summed E-state index contributed by atoms with van der Waals surface area (Å²) in [5.41, 5.74) is 19.0. The number of furan rings is 1. The Morgan fingerprint density at radius 1 is 0.299 bits per heavy atom. The second-order valence-corrected chi connectivity index (χ2v) is 17.5. The molecule has 1 heterocycles. The molecule has 12 aromatic rings. The SMILES string of the molecule is c1ccc(-c2ccc(N(c3ccc(-c4cccc5c4oc4ccccc45)cc3)c3ccc4c(c3)-c3cc(-c5ccccc5)c5ccccc5c3C4(c3ccccc3)c3ccccc3)cc2)cc1. The lowest BCUT2D eigenvalue weighted by atomic mass is 9.66. The summed E-state index contributed by atoms with van der Waals surface area (Å²) < 4.78 is 6.51. The van der Waals surface area contributed by atoms with E-state index in [-0.39, 0.29) is 0 Å². The molecule has 13 rings (SSSR count). The molecule has 1 aliphatic rings. The van der Waals surface area contributed by atoms with Crippen molar-refractivity contribution in [2.45, 2.75) is 5.41 Å². The van der Waals surface area contributed by atoms with E-state index in [1.54, 1.807) is 0 Å². The smallest absolute Gasteiger partial charge is 0.143 e. The van der Waals surface area contributed by atoms with Crippen LogP contribution in [0.15, 0.2) is 265 Å². The second-order valence-electron chi connectivity index (χ2n) is 17.5. The van der Waals surface area contributed by atoms with Crippen LogP contribution in [0.2, 0.25) is 0 Å². The molecular weight excluding hydrogens is 811 g/mol. The molecule has 67 heavy (non-hydrogen) atoms. The minimum atomic E-state index is -0.581. The molecule has 0 spiro atoms. The Bertz CT molecular complexity index is 3720. The highest BCUT2D eigenvalue weighted by Gasteiger charge is 2.47. The zero-order valence-corrected chi connectivity index (χ0v) is 36.7. The van der Waals surface area contributed by atoms with Crippen molar-refractivity contribution in [3.63, 3.8) is 0 Å². The average Bonchev–Trinajstić information content (AvgIpc) is 3.94. The summed E-state index contributed by atoms with van der Waals surface area (Å²) in [5.74, 6) is 0. The Morgan fingerprint density at radius 3 is 1.45 bits per heavy atom. The molecule has 314 valence electrons. The summed E-state index contributed by atoms with van der Waals surface area (Å²) in [6, 6.07) is 95.1. The number of anilines is 3. The molecule has 0 amide bonds. The molecule has 2 nitrogen and oxygen atoms in total. The van der Waals surface area contributed by atoms with Crippen LogP contribution >= 0.6 is 0 Å². The topological polar surface area (TPSA) is 16.4 Å². The van der Waals surface area contributed by atoms with E-state index in [0.717, 1.165) is 50.1 Å². The number of hydrogen-bond acceptors (Lipinski definition) is 2. The molecule has 0 aliphatic heterocycles. The lowest BCUT2D eigenvalue weighted by Gasteiger charge is -2.35. The van der Waals surface area contributed by atoms with Crippen LogP contribution in [0.1, 0.15) is 22.3 Å². The van der Waals surface area contributed by atoms with Gasteiger partial charge in [-0.3, -0.25) is 0 Å².